The van der Waals surface area contributed by atoms with Crippen molar-refractivity contribution in [1.29, 1.82) is 0 Å². The average Bonchev–Trinajstić information content (AvgIpc) is 2.89. The predicted molar refractivity (Wildman–Crippen MR) is 96.8 cm³/mol. The fraction of sp³-hybridized carbons (Fsp3) is 0.389. The highest BCUT2D eigenvalue weighted by Gasteiger charge is 2.27. The van der Waals surface area contributed by atoms with Crippen LogP contribution in [-0.4, -0.2) is 21.2 Å². The third-order valence-electron chi connectivity index (χ3n) is 4.03. The molecule has 1 amide bonds. The first kappa shape index (κ1) is 16.8. The van der Waals surface area contributed by atoms with E-state index in [1.165, 1.54) is 0 Å². The Balaban J connectivity index is 1.74. The Bertz CT molecular complexity index is 824. The van der Waals surface area contributed by atoms with E-state index in [2.05, 4.69) is 16.4 Å². The molecule has 0 saturated carbocycles. The molecule has 2 aromatic rings. The molecule has 1 aliphatic rings. The number of hydrogen-bond acceptors (Lipinski definition) is 4. The van der Waals surface area contributed by atoms with Crippen LogP contribution in [0.25, 0.3) is 0 Å². The first-order chi connectivity index (χ1) is 11.5. The highest BCUT2D eigenvalue weighted by Crippen LogP contribution is 2.32. The van der Waals surface area contributed by atoms with E-state index < -0.39 is 0 Å². The van der Waals surface area contributed by atoms with E-state index in [0.717, 1.165) is 34.1 Å². The van der Waals surface area contributed by atoms with Crippen molar-refractivity contribution < 1.29 is 4.79 Å². The van der Waals surface area contributed by atoms with Crippen LogP contribution >= 0.6 is 11.8 Å². The minimum Gasteiger partial charge on any atom is -0.326 e. The van der Waals surface area contributed by atoms with Gasteiger partial charge in [0.25, 0.3) is 5.56 Å². The molecular weight excluding hydrogens is 322 g/mol. The molecule has 24 heavy (non-hydrogen) atoms. The number of nitrogens with one attached hydrogen (secondary N) is 1. The van der Waals surface area contributed by atoms with Crippen molar-refractivity contribution in [2.45, 2.75) is 44.8 Å². The molecule has 1 aromatic heterocycles. The van der Waals surface area contributed by atoms with Gasteiger partial charge in [0.05, 0.1) is 6.04 Å². The van der Waals surface area contributed by atoms with E-state index in [4.69, 9.17) is 0 Å². The van der Waals surface area contributed by atoms with E-state index in [9.17, 15) is 9.59 Å². The van der Waals surface area contributed by atoms with Crippen molar-refractivity contribution in [2.75, 3.05) is 11.1 Å². The smallest absolute Gasteiger partial charge is 0.254 e. The number of thioether (sulfide) groups is 1. The van der Waals surface area contributed by atoms with E-state index in [1.54, 1.807) is 22.4 Å². The van der Waals surface area contributed by atoms with Crippen LogP contribution in [0.15, 0.2) is 34.2 Å². The maximum absolute atomic E-state index is 12.4. The zero-order chi connectivity index (χ0) is 17.3. The number of benzene rings is 1. The summed E-state index contributed by atoms with van der Waals surface area (Å²) in [4.78, 5) is 29.2. The summed E-state index contributed by atoms with van der Waals surface area (Å²) in [6.45, 7) is 5.99. The zero-order valence-electron chi connectivity index (χ0n) is 14.1. The Hall–Kier alpha value is -2.08. The van der Waals surface area contributed by atoms with Crippen LogP contribution in [0.5, 0.6) is 0 Å². The summed E-state index contributed by atoms with van der Waals surface area (Å²) >= 11 is 1.54. The molecule has 0 saturated heterocycles. The number of nitrogens with zero attached hydrogens (tertiary/aromatic N) is 2. The molecule has 1 atom stereocenters. The number of hydrogen-bond donors (Lipinski definition) is 1. The molecule has 6 heteroatoms. The lowest BCUT2D eigenvalue weighted by molar-refractivity contribution is -0.116. The second kappa shape index (κ2) is 6.81. The van der Waals surface area contributed by atoms with Gasteiger partial charge in [-0.25, -0.2) is 4.98 Å². The van der Waals surface area contributed by atoms with E-state index in [-0.39, 0.29) is 23.9 Å². The number of rotatable bonds is 4. The quantitative estimate of drug-likeness (QED) is 0.867. The van der Waals surface area contributed by atoms with Gasteiger partial charge in [-0.15, -0.1) is 0 Å². The number of amides is 1. The molecule has 5 nitrogen and oxygen atoms in total. The van der Waals surface area contributed by atoms with E-state index in [0.29, 0.717) is 5.75 Å². The van der Waals surface area contributed by atoms with Gasteiger partial charge in [0.2, 0.25) is 5.91 Å². The summed E-state index contributed by atoms with van der Waals surface area (Å²) < 4.78 is 1.66. The Kier molecular flexibility index (Phi) is 4.76. The molecular formula is C18H21N3O2S. The van der Waals surface area contributed by atoms with Crippen LogP contribution in [0.4, 0.5) is 5.69 Å². The number of anilines is 1. The molecule has 0 spiro atoms. The fourth-order valence-corrected chi connectivity index (χ4v) is 4.17. The number of carbonyl (C=O) groups is 1. The third-order valence-corrected chi connectivity index (χ3v) is 5.13. The SMILES string of the molecule is CCc1cc(=O)n2c(n1)SCC2CC(=O)Nc1cc(C)cc(C)c1. The molecule has 2 heterocycles. The summed E-state index contributed by atoms with van der Waals surface area (Å²) in [5.74, 6) is 0.625. The van der Waals surface area contributed by atoms with Gasteiger partial charge in [-0.3, -0.25) is 14.2 Å². The minimum absolute atomic E-state index is 0.0638. The molecule has 126 valence electrons. The normalized spacial score (nSPS) is 16.0. The summed E-state index contributed by atoms with van der Waals surface area (Å²) in [7, 11) is 0. The average molecular weight is 343 g/mol. The standard InChI is InChI=1S/C18H21N3O2S/c1-4-13-8-17(23)21-15(10-24-18(21)20-13)9-16(22)19-14-6-11(2)5-12(3)7-14/h5-8,15H,4,9-10H2,1-3H3,(H,19,22). The van der Waals surface area contributed by atoms with Crippen molar-refractivity contribution in [3.8, 4) is 0 Å². The maximum atomic E-state index is 12.4. The van der Waals surface area contributed by atoms with Crippen LogP contribution in [0.3, 0.4) is 0 Å². The van der Waals surface area contributed by atoms with Crippen LogP contribution in [-0.2, 0) is 11.2 Å². The van der Waals surface area contributed by atoms with Crippen LogP contribution < -0.4 is 10.9 Å². The van der Waals surface area contributed by atoms with Gasteiger partial charge in [-0.05, 0) is 43.5 Å². The van der Waals surface area contributed by atoms with Crippen molar-refractivity contribution in [3.63, 3.8) is 0 Å². The largest absolute Gasteiger partial charge is 0.326 e. The van der Waals surface area contributed by atoms with E-state index in [1.807, 2.05) is 32.9 Å². The van der Waals surface area contributed by atoms with Gasteiger partial charge >= 0.3 is 0 Å². The zero-order valence-corrected chi connectivity index (χ0v) is 14.9. The first-order valence-corrected chi connectivity index (χ1v) is 9.08. The second-order valence-corrected chi connectivity index (χ2v) is 7.17. The lowest BCUT2D eigenvalue weighted by Crippen LogP contribution is -2.27. The number of aryl methyl sites for hydroxylation is 3. The minimum atomic E-state index is -0.137. The Morgan fingerprint density at radius 3 is 2.67 bits per heavy atom. The number of aromatic nitrogens is 2. The summed E-state index contributed by atoms with van der Waals surface area (Å²) in [6.07, 6.45) is 1.02. The molecule has 1 N–H and O–H groups in total. The van der Waals surface area contributed by atoms with Crippen molar-refractivity contribution in [2.24, 2.45) is 0 Å². The molecule has 0 bridgehead atoms. The Morgan fingerprint density at radius 1 is 1.29 bits per heavy atom. The lowest BCUT2D eigenvalue weighted by Gasteiger charge is -2.14. The molecule has 1 aliphatic heterocycles. The molecule has 1 aromatic carbocycles. The lowest BCUT2D eigenvalue weighted by atomic mass is 10.1. The Morgan fingerprint density at radius 2 is 2.00 bits per heavy atom. The van der Waals surface area contributed by atoms with E-state index >= 15 is 0 Å². The summed E-state index contributed by atoms with van der Waals surface area (Å²) in [5.41, 5.74) is 3.76. The summed E-state index contributed by atoms with van der Waals surface area (Å²) in [5, 5.41) is 3.66. The molecule has 1 unspecified atom stereocenters. The van der Waals surface area contributed by atoms with Crippen LogP contribution in [0, 0.1) is 13.8 Å². The van der Waals surface area contributed by atoms with Gasteiger partial charge < -0.3 is 5.32 Å². The van der Waals surface area contributed by atoms with Crippen molar-refractivity contribution >= 4 is 23.4 Å². The predicted octanol–water partition coefficient (Wildman–Crippen LogP) is 3.10. The van der Waals surface area contributed by atoms with Crippen LogP contribution in [0.1, 0.15) is 36.2 Å². The van der Waals surface area contributed by atoms with Gasteiger partial charge in [0.1, 0.15) is 0 Å². The monoisotopic (exact) mass is 343 g/mol. The van der Waals surface area contributed by atoms with Crippen LogP contribution in [0.2, 0.25) is 0 Å². The topological polar surface area (TPSA) is 64.0 Å². The van der Waals surface area contributed by atoms with Gasteiger partial charge in [0.15, 0.2) is 5.16 Å². The fourth-order valence-electron chi connectivity index (χ4n) is 3.00. The molecule has 0 fully saturated rings. The maximum Gasteiger partial charge on any atom is 0.254 e. The van der Waals surface area contributed by atoms with Crippen molar-refractivity contribution in [3.05, 3.63) is 51.4 Å². The molecule has 3 rings (SSSR count). The molecule has 0 radical (unpaired) electrons. The highest BCUT2D eigenvalue weighted by molar-refractivity contribution is 7.99. The summed E-state index contributed by atoms with van der Waals surface area (Å²) in [6, 6.07) is 7.40. The van der Waals surface area contributed by atoms with Gasteiger partial charge in [-0.1, -0.05) is 24.8 Å². The first-order valence-electron chi connectivity index (χ1n) is 8.09. The van der Waals surface area contributed by atoms with Gasteiger partial charge in [-0.2, -0.15) is 0 Å². The van der Waals surface area contributed by atoms with Crippen molar-refractivity contribution in [1.82, 2.24) is 9.55 Å². The third kappa shape index (κ3) is 3.53. The Labute approximate surface area is 145 Å². The number of carbonyl (C=O) groups excluding carboxylic acids is 1. The van der Waals surface area contributed by atoms with Gasteiger partial charge in [0, 0.05) is 29.6 Å². The molecule has 0 aliphatic carbocycles. The second-order valence-electron chi connectivity index (χ2n) is 6.19. The number of fused-ring (bicyclic) bond motifs is 1. The highest BCUT2D eigenvalue weighted by atomic mass is 32.2.